The van der Waals surface area contributed by atoms with E-state index in [2.05, 4.69) is 4.98 Å². The number of halogens is 1. The summed E-state index contributed by atoms with van der Waals surface area (Å²) in [7, 11) is 0. The third kappa shape index (κ3) is 2.88. The number of pyridine rings is 1. The Hall–Kier alpha value is -1.74. The highest BCUT2D eigenvalue weighted by atomic mass is 19.1. The molecular weight excluding hydrogens is 215 g/mol. The molecule has 3 heteroatoms. The number of hydrogen-bond acceptors (Lipinski definition) is 2. The van der Waals surface area contributed by atoms with Crippen LogP contribution >= 0.6 is 0 Å². The molecule has 1 atom stereocenters. The molecular formula is C14H15FN2. The van der Waals surface area contributed by atoms with Crippen LogP contribution in [0.5, 0.6) is 0 Å². The van der Waals surface area contributed by atoms with Crippen LogP contribution in [0.1, 0.15) is 22.7 Å². The lowest BCUT2D eigenvalue weighted by molar-refractivity contribution is 0.615. The normalized spacial score (nSPS) is 12.4. The molecule has 2 nitrogen and oxygen atoms in total. The smallest absolute Gasteiger partial charge is 0.126 e. The van der Waals surface area contributed by atoms with E-state index in [1.807, 2.05) is 12.1 Å². The predicted octanol–water partition coefficient (Wildman–Crippen LogP) is 2.77. The zero-order valence-corrected chi connectivity index (χ0v) is 9.73. The highest BCUT2D eigenvalue weighted by Crippen LogP contribution is 2.18. The molecule has 0 aliphatic carbocycles. The van der Waals surface area contributed by atoms with Crippen LogP contribution in [-0.4, -0.2) is 4.98 Å². The molecule has 0 saturated heterocycles. The van der Waals surface area contributed by atoms with E-state index in [9.17, 15) is 4.39 Å². The van der Waals surface area contributed by atoms with Crippen LogP contribution in [0.4, 0.5) is 4.39 Å². The van der Waals surface area contributed by atoms with Gasteiger partial charge in [-0.05, 0) is 42.2 Å². The van der Waals surface area contributed by atoms with E-state index in [0.29, 0.717) is 12.0 Å². The van der Waals surface area contributed by atoms with Crippen molar-refractivity contribution < 1.29 is 4.39 Å². The summed E-state index contributed by atoms with van der Waals surface area (Å²) in [6.07, 6.45) is 4.24. The molecule has 0 bridgehead atoms. The summed E-state index contributed by atoms with van der Waals surface area (Å²) in [6, 6.07) is 8.76. The van der Waals surface area contributed by atoms with Crippen LogP contribution in [0.3, 0.4) is 0 Å². The zero-order chi connectivity index (χ0) is 12.3. The van der Waals surface area contributed by atoms with Crippen molar-refractivity contribution in [3.05, 3.63) is 65.2 Å². The quantitative estimate of drug-likeness (QED) is 0.880. The van der Waals surface area contributed by atoms with Crippen molar-refractivity contribution in [1.82, 2.24) is 4.98 Å². The van der Waals surface area contributed by atoms with Gasteiger partial charge in [0.1, 0.15) is 5.82 Å². The first-order valence-electron chi connectivity index (χ1n) is 5.57. The molecule has 0 saturated carbocycles. The van der Waals surface area contributed by atoms with E-state index in [-0.39, 0.29) is 11.9 Å². The SMILES string of the molecule is Cc1cc(C(N)Cc2cccnc2)ccc1F. The summed E-state index contributed by atoms with van der Waals surface area (Å²) in [5.74, 6) is -0.192. The molecule has 17 heavy (non-hydrogen) atoms. The average molecular weight is 230 g/mol. The summed E-state index contributed by atoms with van der Waals surface area (Å²) in [5, 5.41) is 0. The van der Waals surface area contributed by atoms with Gasteiger partial charge in [0.05, 0.1) is 0 Å². The second kappa shape index (κ2) is 5.06. The van der Waals surface area contributed by atoms with Gasteiger partial charge in [0.25, 0.3) is 0 Å². The van der Waals surface area contributed by atoms with Gasteiger partial charge in [-0.2, -0.15) is 0 Å². The molecule has 1 aromatic carbocycles. The molecule has 1 unspecified atom stereocenters. The van der Waals surface area contributed by atoms with Crippen LogP contribution in [0.2, 0.25) is 0 Å². The minimum Gasteiger partial charge on any atom is -0.324 e. The number of rotatable bonds is 3. The lowest BCUT2D eigenvalue weighted by Crippen LogP contribution is -2.13. The number of aryl methyl sites for hydroxylation is 1. The van der Waals surface area contributed by atoms with Crippen molar-refractivity contribution in [3.8, 4) is 0 Å². The molecule has 1 aromatic heterocycles. The number of nitrogens with zero attached hydrogens (tertiary/aromatic N) is 1. The molecule has 0 spiro atoms. The average Bonchev–Trinajstić information content (AvgIpc) is 2.34. The van der Waals surface area contributed by atoms with Crippen molar-refractivity contribution in [1.29, 1.82) is 0 Å². The third-order valence-corrected chi connectivity index (χ3v) is 2.79. The van der Waals surface area contributed by atoms with E-state index >= 15 is 0 Å². The summed E-state index contributed by atoms with van der Waals surface area (Å²) in [4.78, 5) is 4.05. The van der Waals surface area contributed by atoms with E-state index in [1.165, 1.54) is 6.07 Å². The van der Waals surface area contributed by atoms with Crippen LogP contribution in [0, 0.1) is 12.7 Å². The topological polar surface area (TPSA) is 38.9 Å². The monoisotopic (exact) mass is 230 g/mol. The number of hydrogen-bond donors (Lipinski definition) is 1. The molecule has 0 fully saturated rings. The minimum atomic E-state index is -0.192. The van der Waals surface area contributed by atoms with Crippen LogP contribution in [-0.2, 0) is 6.42 Å². The standard InChI is InChI=1S/C14H15FN2/c1-10-7-12(4-5-13(10)15)14(16)8-11-3-2-6-17-9-11/h2-7,9,14H,8,16H2,1H3. The van der Waals surface area contributed by atoms with Gasteiger partial charge in [-0.15, -0.1) is 0 Å². The Labute approximate surface area is 100 Å². The Bertz CT molecular complexity index is 497. The molecule has 0 aliphatic heterocycles. The predicted molar refractivity (Wildman–Crippen MR) is 66.0 cm³/mol. The van der Waals surface area contributed by atoms with Crippen molar-refractivity contribution in [3.63, 3.8) is 0 Å². The Kier molecular flexibility index (Phi) is 3.49. The second-order valence-corrected chi connectivity index (χ2v) is 4.18. The fourth-order valence-corrected chi connectivity index (χ4v) is 1.79. The molecule has 0 aliphatic rings. The Balaban J connectivity index is 2.14. The number of aromatic nitrogens is 1. The summed E-state index contributed by atoms with van der Waals surface area (Å²) >= 11 is 0. The van der Waals surface area contributed by atoms with Crippen molar-refractivity contribution >= 4 is 0 Å². The van der Waals surface area contributed by atoms with Crippen molar-refractivity contribution in [2.45, 2.75) is 19.4 Å². The molecule has 0 radical (unpaired) electrons. The fraction of sp³-hybridized carbons (Fsp3) is 0.214. The molecule has 1 heterocycles. The first-order chi connectivity index (χ1) is 8.16. The third-order valence-electron chi connectivity index (χ3n) is 2.79. The Morgan fingerprint density at radius 2 is 2.18 bits per heavy atom. The maximum Gasteiger partial charge on any atom is 0.126 e. The van der Waals surface area contributed by atoms with Gasteiger partial charge in [-0.3, -0.25) is 4.98 Å². The fourth-order valence-electron chi connectivity index (χ4n) is 1.79. The number of benzene rings is 1. The van der Waals surface area contributed by atoms with Gasteiger partial charge in [0.2, 0.25) is 0 Å². The van der Waals surface area contributed by atoms with E-state index in [0.717, 1.165) is 11.1 Å². The summed E-state index contributed by atoms with van der Waals surface area (Å²) in [5.41, 5.74) is 8.76. The van der Waals surface area contributed by atoms with E-state index < -0.39 is 0 Å². The highest BCUT2D eigenvalue weighted by molar-refractivity contribution is 5.27. The molecule has 2 rings (SSSR count). The van der Waals surface area contributed by atoms with Crippen LogP contribution < -0.4 is 5.73 Å². The van der Waals surface area contributed by atoms with Gasteiger partial charge < -0.3 is 5.73 Å². The highest BCUT2D eigenvalue weighted by Gasteiger charge is 2.08. The lowest BCUT2D eigenvalue weighted by Gasteiger charge is -2.12. The second-order valence-electron chi connectivity index (χ2n) is 4.18. The maximum absolute atomic E-state index is 13.1. The Morgan fingerprint density at radius 3 is 2.82 bits per heavy atom. The minimum absolute atomic E-state index is 0.126. The van der Waals surface area contributed by atoms with Crippen molar-refractivity contribution in [2.75, 3.05) is 0 Å². The van der Waals surface area contributed by atoms with Crippen LogP contribution in [0.15, 0.2) is 42.7 Å². The largest absolute Gasteiger partial charge is 0.324 e. The first-order valence-corrected chi connectivity index (χ1v) is 5.57. The first kappa shape index (κ1) is 11.7. The molecule has 0 amide bonds. The van der Waals surface area contributed by atoms with Crippen LogP contribution in [0.25, 0.3) is 0 Å². The van der Waals surface area contributed by atoms with Gasteiger partial charge >= 0.3 is 0 Å². The van der Waals surface area contributed by atoms with Gasteiger partial charge in [0, 0.05) is 18.4 Å². The van der Waals surface area contributed by atoms with Gasteiger partial charge in [-0.25, -0.2) is 4.39 Å². The molecule has 2 N–H and O–H groups in total. The zero-order valence-electron chi connectivity index (χ0n) is 9.73. The van der Waals surface area contributed by atoms with E-state index in [4.69, 9.17) is 5.73 Å². The molecule has 2 aromatic rings. The summed E-state index contributed by atoms with van der Waals surface area (Å²) in [6.45, 7) is 1.75. The van der Waals surface area contributed by atoms with E-state index in [1.54, 1.807) is 31.5 Å². The Morgan fingerprint density at radius 1 is 1.35 bits per heavy atom. The van der Waals surface area contributed by atoms with Gasteiger partial charge in [-0.1, -0.05) is 18.2 Å². The van der Waals surface area contributed by atoms with Crippen molar-refractivity contribution in [2.24, 2.45) is 5.73 Å². The number of nitrogens with two attached hydrogens (primary N) is 1. The lowest BCUT2D eigenvalue weighted by atomic mass is 9.99. The maximum atomic E-state index is 13.1. The molecule has 88 valence electrons. The van der Waals surface area contributed by atoms with Gasteiger partial charge in [0.15, 0.2) is 0 Å². The summed E-state index contributed by atoms with van der Waals surface area (Å²) < 4.78 is 13.1.